The highest BCUT2D eigenvalue weighted by atomic mass is 19.2. The summed E-state index contributed by atoms with van der Waals surface area (Å²) in [5, 5.41) is 7.37. The lowest BCUT2D eigenvalue weighted by Gasteiger charge is -2.26. The van der Waals surface area contributed by atoms with E-state index in [2.05, 4.69) is 26.6 Å². The standard InChI is InChI=1S/C33H28F3N5O2/c34-26-13-21(14-27(35)32(26)36)18-41-19-25(23-5-7-37-17-31(23)41)22-2-3-24-29(16-22)38-28-4-1-20(15-30(28)39-33(24)42)6-8-40-9-11-43-12-10-40/h1-5,7,13-17,19,38H,6,8-12,18H2,(H,39,42). The number of amides is 1. The number of benzene rings is 3. The molecule has 0 bridgehead atoms. The van der Waals surface area contributed by atoms with Crippen LogP contribution in [0.5, 0.6) is 0 Å². The van der Waals surface area contributed by atoms with Crippen molar-refractivity contribution in [3.63, 3.8) is 0 Å². The number of carbonyl (C=O) groups is 1. The molecule has 7 rings (SSSR count). The molecule has 2 aliphatic heterocycles. The normalized spacial score (nSPS) is 15.0. The molecule has 10 heteroatoms. The van der Waals surface area contributed by atoms with E-state index in [1.54, 1.807) is 18.5 Å². The second-order valence-electron chi connectivity index (χ2n) is 10.9. The van der Waals surface area contributed by atoms with Gasteiger partial charge in [-0.25, -0.2) is 13.2 Å². The Hall–Kier alpha value is -4.67. The number of nitrogens with one attached hydrogen (secondary N) is 2. The first-order valence-electron chi connectivity index (χ1n) is 14.1. The first-order valence-corrected chi connectivity index (χ1v) is 14.1. The molecule has 43 heavy (non-hydrogen) atoms. The number of hydrogen-bond donors (Lipinski definition) is 2. The molecule has 0 saturated carbocycles. The Morgan fingerprint density at radius 1 is 0.837 bits per heavy atom. The van der Waals surface area contributed by atoms with Gasteiger partial charge in [0.25, 0.3) is 5.91 Å². The minimum Gasteiger partial charge on any atom is -0.379 e. The van der Waals surface area contributed by atoms with Crippen LogP contribution in [0, 0.1) is 17.5 Å². The molecule has 0 radical (unpaired) electrons. The molecule has 218 valence electrons. The Kier molecular flexibility index (Phi) is 7.08. The maximum Gasteiger partial charge on any atom is 0.257 e. The molecule has 0 atom stereocenters. The van der Waals surface area contributed by atoms with Crippen molar-refractivity contribution in [2.45, 2.75) is 13.0 Å². The van der Waals surface area contributed by atoms with Gasteiger partial charge in [-0.15, -0.1) is 0 Å². The van der Waals surface area contributed by atoms with Gasteiger partial charge in [-0.1, -0.05) is 12.1 Å². The minimum absolute atomic E-state index is 0.114. The molecule has 1 fully saturated rings. The number of anilines is 3. The van der Waals surface area contributed by atoms with Crippen LogP contribution in [-0.2, 0) is 17.7 Å². The SMILES string of the molecule is O=C1Nc2cc(CCN3CCOCC3)ccc2Nc2cc(-c3cn(Cc4cc(F)c(F)c(F)c4)c4cnccc34)ccc21. The fraction of sp³-hybridized carbons (Fsp3) is 0.212. The summed E-state index contributed by atoms with van der Waals surface area (Å²) in [7, 11) is 0. The van der Waals surface area contributed by atoms with Crippen LogP contribution < -0.4 is 10.6 Å². The Balaban J connectivity index is 1.19. The number of aromatic nitrogens is 2. The molecular formula is C33H28F3N5O2. The maximum absolute atomic E-state index is 13.9. The van der Waals surface area contributed by atoms with Gasteiger partial charge in [0.1, 0.15) is 0 Å². The van der Waals surface area contributed by atoms with E-state index >= 15 is 0 Å². The zero-order valence-electron chi connectivity index (χ0n) is 23.2. The fourth-order valence-electron chi connectivity index (χ4n) is 5.81. The summed E-state index contributed by atoms with van der Waals surface area (Å²) in [6.07, 6.45) is 6.10. The Bertz CT molecular complexity index is 1840. The zero-order valence-corrected chi connectivity index (χ0v) is 23.2. The second-order valence-corrected chi connectivity index (χ2v) is 10.9. The molecule has 2 aromatic heterocycles. The lowest BCUT2D eigenvalue weighted by atomic mass is 10.0. The summed E-state index contributed by atoms with van der Waals surface area (Å²) in [5.74, 6) is -4.16. The molecule has 1 amide bonds. The van der Waals surface area contributed by atoms with E-state index in [0.717, 1.165) is 90.4 Å². The van der Waals surface area contributed by atoms with E-state index in [1.165, 1.54) is 0 Å². The molecule has 0 spiro atoms. The van der Waals surface area contributed by atoms with Gasteiger partial charge in [0.2, 0.25) is 0 Å². The maximum atomic E-state index is 13.9. The Labute approximate surface area is 245 Å². The summed E-state index contributed by atoms with van der Waals surface area (Å²) >= 11 is 0. The number of fused-ring (bicyclic) bond motifs is 3. The second kappa shape index (κ2) is 11.2. The highest BCUT2D eigenvalue weighted by Crippen LogP contribution is 2.37. The predicted octanol–water partition coefficient (Wildman–Crippen LogP) is 6.35. The van der Waals surface area contributed by atoms with E-state index in [0.29, 0.717) is 11.3 Å². The molecule has 0 unspecified atom stereocenters. The van der Waals surface area contributed by atoms with Crippen LogP contribution in [0.15, 0.2) is 73.2 Å². The fourth-order valence-corrected chi connectivity index (χ4v) is 5.81. The topological polar surface area (TPSA) is 71.4 Å². The first-order chi connectivity index (χ1) is 20.9. The van der Waals surface area contributed by atoms with Crippen molar-refractivity contribution in [3.8, 4) is 11.1 Å². The van der Waals surface area contributed by atoms with Crippen LogP contribution in [0.1, 0.15) is 21.5 Å². The van der Waals surface area contributed by atoms with E-state index in [-0.39, 0.29) is 18.0 Å². The number of nitrogens with zero attached hydrogens (tertiary/aromatic N) is 3. The van der Waals surface area contributed by atoms with Gasteiger partial charge in [-0.2, -0.15) is 0 Å². The van der Waals surface area contributed by atoms with Gasteiger partial charge < -0.3 is 19.9 Å². The molecular weight excluding hydrogens is 555 g/mol. The van der Waals surface area contributed by atoms with Crippen LogP contribution >= 0.6 is 0 Å². The average Bonchev–Trinajstić information content (AvgIpc) is 3.31. The lowest BCUT2D eigenvalue weighted by Crippen LogP contribution is -2.37. The van der Waals surface area contributed by atoms with Crippen LogP contribution in [0.4, 0.5) is 30.2 Å². The molecule has 3 aromatic carbocycles. The van der Waals surface area contributed by atoms with E-state index in [4.69, 9.17) is 4.74 Å². The predicted molar refractivity (Wildman–Crippen MR) is 159 cm³/mol. The molecule has 5 aromatic rings. The molecule has 2 N–H and O–H groups in total. The van der Waals surface area contributed by atoms with Gasteiger partial charge in [-0.3, -0.25) is 14.7 Å². The van der Waals surface area contributed by atoms with Crippen molar-refractivity contribution >= 4 is 33.9 Å². The van der Waals surface area contributed by atoms with Gasteiger partial charge in [0.15, 0.2) is 17.5 Å². The first kappa shape index (κ1) is 27.2. The average molecular weight is 584 g/mol. The highest BCUT2D eigenvalue weighted by molar-refractivity contribution is 6.13. The number of carbonyl (C=O) groups excluding carboxylic acids is 1. The molecule has 2 aliphatic rings. The number of hydrogen-bond acceptors (Lipinski definition) is 5. The van der Waals surface area contributed by atoms with Crippen molar-refractivity contribution in [2.75, 3.05) is 43.5 Å². The van der Waals surface area contributed by atoms with E-state index < -0.39 is 17.5 Å². The highest BCUT2D eigenvalue weighted by Gasteiger charge is 2.22. The number of morpholine rings is 1. The Morgan fingerprint density at radius 2 is 1.65 bits per heavy atom. The summed E-state index contributed by atoms with van der Waals surface area (Å²) < 4.78 is 48.6. The summed E-state index contributed by atoms with van der Waals surface area (Å²) in [5.41, 5.74) is 6.56. The quantitative estimate of drug-likeness (QED) is 0.228. The molecule has 7 nitrogen and oxygen atoms in total. The zero-order chi connectivity index (χ0) is 29.5. The van der Waals surface area contributed by atoms with E-state index in [9.17, 15) is 18.0 Å². The van der Waals surface area contributed by atoms with Crippen molar-refractivity contribution < 1.29 is 22.7 Å². The third-order valence-corrected chi connectivity index (χ3v) is 8.08. The van der Waals surface area contributed by atoms with Crippen LogP contribution in [0.3, 0.4) is 0 Å². The molecule has 0 aliphatic carbocycles. The third-order valence-electron chi connectivity index (χ3n) is 8.08. The Morgan fingerprint density at radius 3 is 2.47 bits per heavy atom. The van der Waals surface area contributed by atoms with Crippen molar-refractivity contribution in [1.29, 1.82) is 0 Å². The van der Waals surface area contributed by atoms with Gasteiger partial charge in [0, 0.05) is 49.5 Å². The summed E-state index contributed by atoms with van der Waals surface area (Å²) in [6, 6.07) is 15.5. The minimum atomic E-state index is -1.49. The lowest BCUT2D eigenvalue weighted by molar-refractivity contribution is 0.0384. The van der Waals surface area contributed by atoms with E-state index in [1.807, 2.05) is 41.1 Å². The number of rotatable bonds is 6. The summed E-state index contributed by atoms with van der Waals surface area (Å²) in [6.45, 7) is 4.43. The van der Waals surface area contributed by atoms with Gasteiger partial charge >= 0.3 is 0 Å². The summed E-state index contributed by atoms with van der Waals surface area (Å²) in [4.78, 5) is 19.9. The number of pyridine rings is 1. The monoisotopic (exact) mass is 583 g/mol. The van der Waals surface area contributed by atoms with Crippen molar-refractivity contribution in [1.82, 2.24) is 14.5 Å². The number of ether oxygens (including phenoxy) is 1. The van der Waals surface area contributed by atoms with Crippen molar-refractivity contribution in [2.24, 2.45) is 0 Å². The van der Waals surface area contributed by atoms with Crippen LogP contribution in [0.25, 0.3) is 22.0 Å². The smallest absolute Gasteiger partial charge is 0.257 e. The third kappa shape index (κ3) is 5.35. The van der Waals surface area contributed by atoms with Gasteiger partial charge in [0.05, 0.1) is 47.6 Å². The number of halogens is 3. The van der Waals surface area contributed by atoms with Crippen molar-refractivity contribution in [3.05, 3.63) is 107 Å². The van der Waals surface area contributed by atoms with Gasteiger partial charge in [-0.05, 0) is 65.6 Å². The van der Waals surface area contributed by atoms with Crippen LogP contribution in [0.2, 0.25) is 0 Å². The molecule has 1 saturated heterocycles. The molecule has 4 heterocycles. The van der Waals surface area contributed by atoms with Crippen LogP contribution in [-0.4, -0.2) is 53.2 Å². The largest absolute Gasteiger partial charge is 0.379 e.